The Morgan fingerprint density at radius 3 is 3.05 bits per heavy atom. The van der Waals surface area contributed by atoms with E-state index in [-0.39, 0.29) is 5.56 Å². The Bertz CT molecular complexity index is 874. The van der Waals surface area contributed by atoms with Crippen molar-refractivity contribution in [2.24, 2.45) is 11.8 Å². The van der Waals surface area contributed by atoms with E-state index >= 15 is 0 Å². The van der Waals surface area contributed by atoms with Gasteiger partial charge in [0.2, 0.25) is 0 Å². The summed E-state index contributed by atoms with van der Waals surface area (Å²) in [6, 6.07) is 3.65. The molecule has 0 spiro atoms. The van der Waals surface area contributed by atoms with Crippen molar-refractivity contribution in [2.45, 2.75) is 13.0 Å². The van der Waals surface area contributed by atoms with Crippen LogP contribution >= 0.6 is 12.2 Å². The number of aromatic amines is 1. The molecule has 1 fully saturated rings. The Morgan fingerprint density at radius 1 is 1.42 bits per heavy atom. The van der Waals surface area contributed by atoms with Gasteiger partial charge in [0.1, 0.15) is 5.76 Å². The summed E-state index contributed by atoms with van der Waals surface area (Å²) in [7, 11) is 0. The van der Waals surface area contributed by atoms with Gasteiger partial charge in [0, 0.05) is 5.35 Å². The third kappa shape index (κ3) is 1.73. The van der Waals surface area contributed by atoms with Crippen LogP contribution in [-0.4, -0.2) is 9.55 Å². The van der Waals surface area contributed by atoms with E-state index in [0.29, 0.717) is 23.2 Å². The van der Waals surface area contributed by atoms with Crippen LogP contribution in [0.15, 0.2) is 27.6 Å². The lowest BCUT2D eigenvalue weighted by atomic mass is 10.1. The average Bonchev–Trinajstić information content (AvgIpc) is 2.95. The summed E-state index contributed by atoms with van der Waals surface area (Å²) in [5.74, 6) is 1.87. The summed E-state index contributed by atoms with van der Waals surface area (Å²) >= 11 is 5.28. The molecule has 0 amide bonds. The van der Waals surface area contributed by atoms with Gasteiger partial charge in [-0.3, -0.25) is 9.36 Å². The van der Waals surface area contributed by atoms with E-state index in [1.165, 1.54) is 0 Å². The number of nitrogens with one attached hydrogen (secondary N) is 1. The minimum Gasteiger partial charge on any atom is -0.467 e. The van der Waals surface area contributed by atoms with Crippen LogP contribution in [0.1, 0.15) is 12.2 Å². The Labute approximate surface area is 113 Å². The first kappa shape index (κ1) is 11.0. The number of rotatable bonds is 2. The van der Waals surface area contributed by atoms with Crippen molar-refractivity contribution < 1.29 is 4.42 Å². The largest absolute Gasteiger partial charge is 0.467 e. The van der Waals surface area contributed by atoms with Crippen molar-refractivity contribution in [3.05, 3.63) is 49.8 Å². The molecule has 2 aromatic rings. The fraction of sp³-hybridized carbons (Fsp3) is 0.286. The molecule has 0 radical (unpaired) electrons. The van der Waals surface area contributed by atoms with Gasteiger partial charge < -0.3 is 9.40 Å². The molecule has 2 aliphatic rings. The lowest BCUT2D eigenvalue weighted by Gasteiger charge is -2.06. The molecule has 0 bridgehead atoms. The van der Waals surface area contributed by atoms with Crippen LogP contribution in [0.4, 0.5) is 0 Å². The lowest BCUT2D eigenvalue weighted by molar-refractivity contribution is 0.485. The number of aromatic nitrogens is 2. The summed E-state index contributed by atoms with van der Waals surface area (Å²) in [6.45, 7) is 0.371. The van der Waals surface area contributed by atoms with Crippen LogP contribution in [0.25, 0.3) is 12.2 Å². The van der Waals surface area contributed by atoms with Crippen molar-refractivity contribution in [3.8, 4) is 0 Å². The highest BCUT2D eigenvalue weighted by atomic mass is 32.1. The minimum absolute atomic E-state index is 0.0308. The maximum absolute atomic E-state index is 12.5. The Balaban J connectivity index is 1.94. The number of H-pyrrole nitrogens is 1. The average molecular weight is 272 g/mol. The second-order valence-corrected chi connectivity index (χ2v) is 5.51. The zero-order valence-corrected chi connectivity index (χ0v) is 10.9. The molecule has 2 aliphatic carbocycles. The van der Waals surface area contributed by atoms with Gasteiger partial charge >= 0.3 is 0 Å². The smallest absolute Gasteiger partial charge is 0.262 e. The van der Waals surface area contributed by atoms with Crippen LogP contribution < -0.4 is 16.1 Å². The Kier molecular flexibility index (Phi) is 2.20. The highest BCUT2D eigenvalue weighted by Gasteiger charge is 2.35. The molecular weight excluding hydrogens is 260 g/mol. The number of fused-ring (bicyclic) bond motifs is 2. The number of furan rings is 1. The van der Waals surface area contributed by atoms with Gasteiger partial charge in [0.15, 0.2) is 4.77 Å². The Hall–Kier alpha value is -1.88. The molecular formula is C14H12N2O2S. The van der Waals surface area contributed by atoms with Gasteiger partial charge in [-0.1, -0.05) is 12.2 Å². The van der Waals surface area contributed by atoms with Crippen molar-refractivity contribution >= 4 is 24.4 Å². The predicted octanol–water partition coefficient (Wildman–Crippen LogP) is 0.758. The fourth-order valence-electron chi connectivity index (χ4n) is 2.64. The molecule has 0 aliphatic heterocycles. The first-order chi connectivity index (χ1) is 9.22. The number of nitrogens with zero attached hydrogens (tertiary/aromatic N) is 1. The second-order valence-electron chi connectivity index (χ2n) is 5.12. The van der Waals surface area contributed by atoms with E-state index in [0.717, 1.165) is 22.7 Å². The zero-order valence-electron chi connectivity index (χ0n) is 10.1. The van der Waals surface area contributed by atoms with E-state index < -0.39 is 0 Å². The molecule has 96 valence electrons. The fourth-order valence-corrected chi connectivity index (χ4v) is 2.90. The van der Waals surface area contributed by atoms with Crippen LogP contribution in [0, 0.1) is 16.6 Å². The number of hydrogen-bond acceptors (Lipinski definition) is 3. The van der Waals surface area contributed by atoms with Crippen LogP contribution in [0.3, 0.4) is 0 Å². The number of hydrogen-bond donors (Lipinski definition) is 1. The van der Waals surface area contributed by atoms with Gasteiger partial charge in [-0.15, -0.1) is 0 Å². The molecule has 0 aromatic carbocycles. The van der Waals surface area contributed by atoms with Crippen LogP contribution in [-0.2, 0) is 6.54 Å². The summed E-state index contributed by atoms with van der Waals surface area (Å²) in [5, 5.41) is 1.63. The van der Waals surface area contributed by atoms with Crippen molar-refractivity contribution in [1.82, 2.24) is 9.55 Å². The third-order valence-corrected chi connectivity index (χ3v) is 4.12. The molecule has 4 rings (SSSR count). The monoisotopic (exact) mass is 272 g/mol. The summed E-state index contributed by atoms with van der Waals surface area (Å²) < 4.78 is 7.29. The van der Waals surface area contributed by atoms with E-state index in [1.807, 2.05) is 6.07 Å². The summed E-state index contributed by atoms with van der Waals surface area (Å²) in [5.41, 5.74) is -0.0308. The SMILES string of the molecule is O=c1c2c([nH]c(=S)n1Cc1ccco1)=CC1CC1C=2. The van der Waals surface area contributed by atoms with Crippen molar-refractivity contribution in [2.75, 3.05) is 0 Å². The minimum atomic E-state index is -0.0308. The topological polar surface area (TPSA) is 50.9 Å². The molecule has 2 atom stereocenters. The van der Waals surface area contributed by atoms with Gasteiger partial charge in [0.25, 0.3) is 5.56 Å². The quantitative estimate of drug-likeness (QED) is 0.821. The predicted molar refractivity (Wildman–Crippen MR) is 73.5 cm³/mol. The van der Waals surface area contributed by atoms with Crippen LogP contribution in [0.2, 0.25) is 0 Å². The zero-order chi connectivity index (χ0) is 13.0. The van der Waals surface area contributed by atoms with Gasteiger partial charge in [0.05, 0.1) is 18.0 Å². The van der Waals surface area contributed by atoms with E-state index in [1.54, 1.807) is 16.9 Å². The highest BCUT2D eigenvalue weighted by molar-refractivity contribution is 7.71. The van der Waals surface area contributed by atoms with Crippen molar-refractivity contribution in [1.29, 1.82) is 0 Å². The molecule has 2 heterocycles. The molecule has 2 unspecified atom stereocenters. The van der Waals surface area contributed by atoms with E-state index in [2.05, 4.69) is 17.1 Å². The van der Waals surface area contributed by atoms with Gasteiger partial charge in [-0.2, -0.15) is 0 Å². The van der Waals surface area contributed by atoms with Crippen LogP contribution in [0.5, 0.6) is 0 Å². The lowest BCUT2D eigenvalue weighted by Crippen LogP contribution is -2.48. The Morgan fingerprint density at radius 2 is 2.26 bits per heavy atom. The first-order valence-corrected chi connectivity index (χ1v) is 6.72. The molecule has 1 N–H and O–H groups in total. The summed E-state index contributed by atoms with van der Waals surface area (Å²) in [4.78, 5) is 15.7. The van der Waals surface area contributed by atoms with E-state index in [4.69, 9.17) is 16.6 Å². The first-order valence-electron chi connectivity index (χ1n) is 6.31. The van der Waals surface area contributed by atoms with Gasteiger partial charge in [-0.05, 0) is 42.6 Å². The molecule has 0 saturated heterocycles. The molecule has 4 nitrogen and oxygen atoms in total. The molecule has 5 heteroatoms. The second kappa shape index (κ2) is 3.81. The van der Waals surface area contributed by atoms with Gasteiger partial charge in [-0.25, -0.2) is 0 Å². The van der Waals surface area contributed by atoms with Crippen molar-refractivity contribution in [3.63, 3.8) is 0 Å². The highest BCUT2D eigenvalue weighted by Crippen LogP contribution is 2.41. The standard InChI is InChI=1S/C14H12N2O2S/c17-13-11-5-8-4-9(8)6-12(11)15-14(19)16(13)7-10-2-1-3-18-10/h1-3,5-6,8-9H,4,7H2,(H,15,19). The maximum atomic E-state index is 12.5. The third-order valence-electron chi connectivity index (χ3n) is 3.80. The summed E-state index contributed by atoms with van der Waals surface area (Å²) in [6.07, 6.45) is 6.95. The van der Waals surface area contributed by atoms with E-state index in [9.17, 15) is 4.79 Å². The molecule has 1 saturated carbocycles. The molecule has 2 aromatic heterocycles. The maximum Gasteiger partial charge on any atom is 0.262 e. The normalized spacial score (nSPS) is 22.9. The molecule has 19 heavy (non-hydrogen) atoms.